The van der Waals surface area contributed by atoms with Crippen LogP contribution in [0.3, 0.4) is 0 Å². The van der Waals surface area contributed by atoms with E-state index in [0.717, 1.165) is 19.4 Å². The Kier molecular flexibility index (Phi) is 4.15. The van der Waals surface area contributed by atoms with Crippen LogP contribution < -0.4 is 5.32 Å². The second-order valence-electron chi connectivity index (χ2n) is 4.03. The third kappa shape index (κ3) is 3.22. The van der Waals surface area contributed by atoms with Gasteiger partial charge in [-0.1, -0.05) is 0 Å². The van der Waals surface area contributed by atoms with Crippen molar-refractivity contribution >= 4 is 12.0 Å². The SMILES string of the molecule is N#C/C(=C/c1ccco1)C(=O)NC[C@@H]1CCCO1. The molecule has 1 atom stereocenters. The van der Waals surface area contributed by atoms with Gasteiger partial charge in [0, 0.05) is 19.2 Å². The van der Waals surface area contributed by atoms with Gasteiger partial charge in [0.05, 0.1) is 12.4 Å². The predicted molar refractivity (Wildman–Crippen MR) is 64.3 cm³/mol. The highest BCUT2D eigenvalue weighted by atomic mass is 16.5. The summed E-state index contributed by atoms with van der Waals surface area (Å²) in [5.74, 6) is 0.0863. The van der Waals surface area contributed by atoms with Gasteiger partial charge in [0.25, 0.3) is 5.91 Å². The average molecular weight is 246 g/mol. The highest BCUT2D eigenvalue weighted by molar-refractivity contribution is 6.01. The van der Waals surface area contributed by atoms with Crippen molar-refractivity contribution in [1.82, 2.24) is 5.32 Å². The number of nitrogens with zero attached hydrogens (tertiary/aromatic N) is 1. The lowest BCUT2D eigenvalue weighted by molar-refractivity contribution is -0.117. The van der Waals surface area contributed by atoms with E-state index in [4.69, 9.17) is 14.4 Å². The predicted octanol–water partition coefficient (Wildman–Crippen LogP) is 1.48. The third-order valence-electron chi connectivity index (χ3n) is 2.71. The number of hydrogen-bond acceptors (Lipinski definition) is 4. The van der Waals surface area contributed by atoms with Gasteiger partial charge >= 0.3 is 0 Å². The largest absolute Gasteiger partial charge is 0.465 e. The molecule has 94 valence electrons. The van der Waals surface area contributed by atoms with E-state index in [0.29, 0.717) is 12.3 Å². The number of ether oxygens (including phenoxy) is 1. The summed E-state index contributed by atoms with van der Waals surface area (Å²) >= 11 is 0. The van der Waals surface area contributed by atoms with Gasteiger partial charge in [-0.3, -0.25) is 4.79 Å². The number of hydrogen-bond donors (Lipinski definition) is 1. The Morgan fingerprint density at radius 3 is 3.17 bits per heavy atom. The van der Waals surface area contributed by atoms with E-state index < -0.39 is 5.91 Å². The van der Waals surface area contributed by atoms with Crippen LogP contribution in [-0.4, -0.2) is 25.2 Å². The quantitative estimate of drug-likeness (QED) is 0.645. The molecule has 1 aliphatic rings. The highest BCUT2D eigenvalue weighted by Gasteiger charge is 2.17. The molecule has 1 saturated heterocycles. The lowest BCUT2D eigenvalue weighted by Crippen LogP contribution is -2.32. The summed E-state index contributed by atoms with van der Waals surface area (Å²) in [6.07, 6.45) is 4.95. The van der Waals surface area contributed by atoms with Crippen LogP contribution in [-0.2, 0) is 9.53 Å². The molecule has 2 heterocycles. The molecule has 5 heteroatoms. The third-order valence-corrected chi connectivity index (χ3v) is 2.71. The van der Waals surface area contributed by atoms with Crippen LogP contribution in [0, 0.1) is 11.3 Å². The number of carbonyl (C=O) groups is 1. The second kappa shape index (κ2) is 6.03. The lowest BCUT2D eigenvalue weighted by Gasteiger charge is -2.09. The number of rotatable bonds is 4. The summed E-state index contributed by atoms with van der Waals surface area (Å²) in [6, 6.07) is 5.25. The normalized spacial score (nSPS) is 19.5. The topological polar surface area (TPSA) is 75.3 Å². The van der Waals surface area contributed by atoms with E-state index in [1.54, 1.807) is 12.1 Å². The lowest BCUT2D eigenvalue weighted by atomic mass is 10.2. The van der Waals surface area contributed by atoms with Gasteiger partial charge in [0.15, 0.2) is 0 Å². The Hall–Kier alpha value is -2.06. The number of furan rings is 1. The summed E-state index contributed by atoms with van der Waals surface area (Å²) in [4.78, 5) is 11.8. The van der Waals surface area contributed by atoms with Gasteiger partial charge in [-0.25, -0.2) is 0 Å². The zero-order chi connectivity index (χ0) is 12.8. The summed E-state index contributed by atoms with van der Waals surface area (Å²) in [5.41, 5.74) is 0.0305. The van der Waals surface area contributed by atoms with Crippen molar-refractivity contribution in [2.24, 2.45) is 0 Å². The molecule has 1 fully saturated rings. The van der Waals surface area contributed by atoms with Crippen molar-refractivity contribution in [1.29, 1.82) is 5.26 Å². The average Bonchev–Trinajstić information content (AvgIpc) is 3.06. The first kappa shape index (κ1) is 12.4. The summed E-state index contributed by atoms with van der Waals surface area (Å²) in [5, 5.41) is 11.6. The van der Waals surface area contributed by atoms with Crippen LogP contribution in [0.5, 0.6) is 0 Å². The van der Waals surface area contributed by atoms with Crippen molar-refractivity contribution in [2.45, 2.75) is 18.9 Å². The minimum atomic E-state index is -0.399. The maximum absolute atomic E-state index is 11.8. The Labute approximate surface area is 105 Å². The Balaban J connectivity index is 1.91. The molecule has 0 spiro atoms. The molecule has 1 aliphatic heterocycles. The number of amides is 1. The molecule has 5 nitrogen and oxygen atoms in total. The van der Waals surface area contributed by atoms with Crippen molar-refractivity contribution in [2.75, 3.05) is 13.2 Å². The molecule has 1 aromatic heterocycles. The molecule has 0 unspecified atom stereocenters. The van der Waals surface area contributed by atoms with Gasteiger partial charge in [0.1, 0.15) is 17.4 Å². The first-order chi connectivity index (χ1) is 8.79. The summed E-state index contributed by atoms with van der Waals surface area (Å²) in [6.45, 7) is 1.18. The van der Waals surface area contributed by atoms with Gasteiger partial charge in [-0.05, 0) is 25.0 Å². The Morgan fingerprint density at radius 2 is 2.56 bits per heavy atom. The van der Waals surface area contributed by atoms with E-state index >= 15 is 0 Å². The monoisotopic (exact) mass is 246 g/mol. The van der Waals surface area contributed by atoms with E-state index in [1.165, 1.54) is 12.3 Å². The van der Waals surface area contributed by atoms with Crippen LogP contribution in [0.25, 0.3) is 6.08 Å². The van der Waals surface area contributed by atoms with Gasteiger partial charge in [-0.2, -0.15) is 5.26 Å². The van der Waals surface area contributed by atoms with Gasteiger partial charge in [0.2, 0.25) is 0 Å². The Bertz CT molecular complexity index is 465. The molecular formula is C13H14N2O3. The van der Waals surface area contributed by atoms with Gasteiger partial charge in [-0.15, -0.1) is 0 Å². The summed E-state index contributed by atoms with van der Waals surface area (Å²) < 4.78 is 10.4. The summed E-state index contributed by atoms with van der Waals surface area (Å²) in [7, 11) is 0. The van der Waals surface area contributed by atoms with Crippen molar-refractivity contribution in [3.8, 4) is 6.07 Å². The molecule has 18 heavy (non-hydrogen) atoms. The molecule has 0 aliphatic carbocycles. The van der Waals surface area contributed by atoms with Crippen LogP contribution in [0.2, 0.25) is 0 Å². The van der Waals surface area contributed by atoms with Gasteiger partial charge < -0.3 is 14.5 Å². The number of nitriles is 1. The molecule has 2 rings (SSSR count). The molecule has 0 bridgehead atoms. The maximum Gasteiger partial charge on any atom is 0.262 e. The van der Waals surface area contributed by atoms with Crippen LogP contribution in [0.15, 0.2) is 28.4 Å². The van der Waals surface area contributed by atoms with E-state index in [2.05, 4.69) is 5.32 Å². The molecular weight excluding hydrogens is 232 g/mol. The molecule has 0 radical (unpaired) electrons. The number of carbonyl (C=O) groups excluding carboxylic acids is 1. The Morgan fingerprint density at radius 1 is 1.67 bits per heavy atom. The molecule has 1 amide bonds. The van der Waals surface area contributed by atoms with Crippen LogP contribution in [0.1, 0.15) is 18.6 Å². The van der Waals surface area contributed by atoms with Crippen molar-refractivity contribution in [3.63, 3.8) is 0 Å². The fraction of sp³-hybridized carbons (Fsp3) is 0.385. The standard InChI is InChI=1S/C13H14N2O3/c14-8-10(7-11-3-1-5-17-11)13(16)15-9-12-4-2-6-18-12/h1,3,5,7,12H,2,4,6,9H2,(H,15,16)/b10-7-/t12-/m0/s1. The first-order valence-corrected chi connectivity index (χ1v) is 5.84. The van der Waals surface area contributed by atoms with Crippen molar-refractivity contribution in [3.05, 3.63) is 29.7 Å². The molecule has 0 aromatic carbocycles. The zero-order valence-electron chi connectivity index (χ0n) is 9.89. The zero-order valence-corrected chi connectivity index (χ0v) is 9.89. The fourth-order valence-electron chi connectivity index (χ4n) is 1.77. The molecule has 1 N–H and O–H groups in total. The first-order valence-electron chi connectivity index (χ1n) is 5.84. The molecule has 0 saturated carbocycles. The van der Waals surface area contributed by atoms with Crippen LogP contribution >= 0.6 is 0 Å². The smallest absolute Gasteiger partial charge is 0.262 e. The van der Waals surface area contributed by atoms with E-state index in [1.807, 2.05) is 6.07 Å². The van der Waals surface area contributed by atoms with Crippen LogP contribution in [0.4, 0.5) is 0 Å². The van der Waals surface area contributed by atoms with E-state index in [-0.39, 0.29) is 11.7 Å². The number of nitrogens with one attached hydrogen (secondary N) is 1. The van der Waals surface area contributed by atoms with Crippen molar-refractivity contribution < 1.29 is 13.9 Å². The van der Waals surface area contributed by atoms with E-state index in [9.17, 15) is 4.79 Å². The minimum Gasteiger partial charge on any atom is -0.465 e. The highest BCUT2D eigenvalue weighted by Crippen LogP contribution is 2.11. The fourth-order valence-corrected chi connectivity index (χ4v) is 1.77. The second-order valence-corrected chi connectivity index (χ2v) is 4.03. The maximum atomic E-state index is 11.8. The molecule has 1 aromatic rings. The minimum absolute atomic E-state index is 0.0305.